The van der Waals surface area contributed by atoms with Crippen molar-refractivity contribution in [3.63, 3.8) is 0 Å². The van der Waals surface area contributed by atoms with Gasteiger partial charge in [-0.15, -0.1) is 0 Å². The van der Waals surface area contributed by atoms with Crippen LogP contribution in [0.5, 0.6) is 0 Å². The summed E-state index contributed by atoms with van der Waals surface area (Å²) in [4.78, 5) is 18.3. The molecular weight excluding hydrogens is 803 g/mol. The van der Waals surface area contributed by atoms with Gasteiger partial charge >= 0.3 is 0 Å². The van der Waals surface area contributed by atoms with Crippen molar-refractivity contribution in [2.24, 2.45) is 11.8 Å². The molecular formula is C58H117N3O4. The van der Waals surface area contributed by atoms with Crippen molar-refractivity contribution in [1.29, 1.82) is 0 Å². The number of nitrogens with zero attached hydrogens (tertiary/aromatic N) is 2. The molecule has 0 bridgehead atoms. The van der Waals surface area contributed by atoms with Crippen molar-refractivity contribution in [3.8, 4) is 0 Å². The second kappa shape index (κ2) is 49.7. The van der Waals surface area contributed by atoms with Crippen LogP contribution < -0.4 is 5.32 Å². The SMILES string of the molecule is CCCCCCCCC(CCCCCCCC)CNC(=O)CCCCCN(CCCCCCOCOCC(CCCCCCCC)CCCCCCCC)CCN(CCO)C1CCCC1. The number of hydrogen-bond acceptors (Lipinski definition) is 6. The van der Waals surface area contributed by atoms with Crippen molar-refractivity contribution in [2.75, 3.05) is 65.9 Å². The van der Waals surface area contributed by atoms with Gasteiger partial charge in [-0.25, -0.2) is 0 Å². The Labute approximate surface area is 407 Å². The molecule has 0 unspecified atom stereocenters. The Balaban J connectivity index is 2.44. The maximum absolute atomic E-state index is 13.0. The lowest BCUT2D eigenvalue weighted by Gasteiger charge is -2.31. The molecule has 1 aliphatic rings. The smallest absolute Gasteiger partial charge is 0.220 e. The maximum atomic E-state index is 13.0. The van der Waals surface area contributed by atoms with E-state index in [4.69, 9.17) is 9.47 Å². The number of nitrogens with one attached hydrogen (secondary N) is 1. The van der Waals surface area contributed by atoms with Gasteiger partial charge in [0.25, 0.3) is 0 Å². The third-order valence-electron chi connectivity index (χ3n) is 14.8. The van der Waals surface area contributed by atoms with Gasteiger partial charge in [0.2, 0.25) is 5.91 Å². The van der Waals surface area contributed by atoms with Crippen LogP contribution in [0.2, 0.25) is 0 Å². The minimum atomic E-state index is 0.253. The average Bonchev–Trinajstić information content (AvgIpc) is 3.86. The van der Waals surface area contributed by atoms with E-state index in [0.717, 1.165) is 78.2 Å². The molecule has 7 heteroatoms. The van der Waals surface area contributed by atoms with Crippen molar-refractivity contribution < 1.29 is 19.4 Å². The van der Waals surface area contributed by atoms with E-state index in [0.29, 0.717) is 31.1 Å². The van der Waals surface area contributed by atoms with E-state index < -0.39 is 0 Å². The number of unbranched alkanes of at least 4 members (excludes halogenated alkanes) is 25. The predicted molar refractivity (Wildman–Crippen MR) is 283 cm³/mol. The Bertz CT molecular complexity index is 916. The molecule has 2 N–H and O–H groups in total. The zero-order chi connectivity index (χ0) is 46.9. The summed E-state index contributed by atoms with van der Waals surface area (Å²) in [6, 6.07) is 0.647. The summed E-state index contributed by atoms with van der Waals surface area (Å²) in [7, 11) is 0. The third kappa shape index (κ3) is 40.8. The van der Waals surface area contributed by atoms with Crippen molar-refractivity contribution in [1.82, 2.24) is 15.1 Å². The van der Waals surface area contributed by atoms with Gasteiger partial charge in [0.15, 0.2) is 0 Å². The van der Waals surface area contributed by atoms with E-state index in [-0.39, 0.29) is 12.5 Å². The van der Waals surface area contributed by atoms with E-state index in [1.54, 1.807) is 0 Å². The number of aliphatic hydroxyl groups excluding tert-OH is 1. The number of amides is 1. The molecule has 1 aliphatic carbocycles. The van der Waals surface area contributed by atoms with Crippen molar-refractivity contribution in [3.05, 3.63) is 0 Å². The normalized spacial score (nSPS) is 13.5. The molecule has 1 fully saturated rings. The molecule has 7 nitrogen and oxygen atoms in total. The van der Waals surface area contributed by atoms with E-state index >= 15 is 0 Å². The number of hydrogen-bond donors (Lipinski definition) is 2. The van der Waals surface area contributed by atoms with Crippen LogP contribution in [0.4, 0.5) is 0 Å². The number of rotatable bonds is 53. The lowest BCUT2D eigenvalue weighted by atomic mass is 9.94. The molecule has 0 aromatic carbocycles. The van der Waals surface area contributed by atoms with Crippen LogP contribution >= 0.6 is 0 Å². The number of ether oxygens (including phenoxy) is 2. The van der Waals surface area contributed by atoms with Crippen molar-refractivity contribution in [2.45, 2.75) is 291 Å². The van der Waals surface area contributed by atoms with Gasteiger partial charge in [0.05, 0.1) is 13.2 Å². The fourth-order valence-corrected chi connectivity index (χ4v) is 10.4. The van der Waals surface area contributed by atoms with Gasteiger partial charge in [0, 0.05) is 45.2 Å². The Hall–Kier alpha value is -0.730. The average molecular weight is 921 g/mol. The molecule has 0 aromatic rings. The minimum absolute atomic E-state index is 0.253. The fourth-order valence-electron chi connectivity index (χ4n) is 10.4. The second-order valence-electron chi connectivity index (χ2n) is 20.9. The highest BCUT2D eigenvalue weighted by molar-refractivity contribution is 5.75. The molecule has 0 spiro atoms. The maximum Gasteiger partial charge on any atom is 0.220 e. The molecule has 0 radical (unpaired) electrons. The first-order valence-electron chi connectivity index (χ1n) is 29.6. The molecule has 0 atom stereocenters. The third-order valence-corrected chi connectivity index (χ3v) is 14.8. The Kier molecular flexibility index (Phi) is 47.6. The van der Waals surface area contributed by atoms with Gasteiger partial charge < -0.3 is 24.8 Å². The lowest BCUT2D eigenvalue weighted by molar-refractivity contribution is -0.121. The molecule has 65 heavy (non-hydrogen) atoms. The largest absolute Gasteiger partial charge is 0.395 e. The standard InChI is InChI=1S/C58H117N3O4/c1-5-9-13-17-21-28-38-55(39-29-22-18-14-10-6-2)52-59-58(63)44-32-27-36-46-60(47-48-61(49-50-62)57-42-33-34-43-57)45-35-25-26-37-51-64-54-65-53-56(40-30-23-19-15-11-7-3)41-31-24-20-16-12-8-4/h55-57,62H,5-54H2,1-4H3,(H,59,63). The number of aliphatic hydroxyl groups is 1. The molecule has 1 saturated carbocycles. The van der Waals surface area contributed by atoms with E-state index in [2.05, 4.69) is 42.8 Å². The van der Waals surface area contributed by atoms with Gasteiger partial charge in [-0.2, -0.15) is 0 Å². The van der Waals surface area contributed by atoms with Crippen LogP contribution in [0.3, 0.4) is 0 Å². The summed E-state index contributed by atoms with van der Waals surface area (Å²) in [5.74, 6) is 1.60. The summed E-state index contributed by atoms with van der Waals surface area (Å²) < 4.78 is 12.1. The first-order valence-corrected chi connectivity index (χ1v) is 29.6. The van der Waals surface area contributed by atoms with Gasteiger partial charge in [-0.05, 0) is 89.1 Å². The Morgan fingerprint density at radius 3 is 1.46 bits per heavy atom. The molecule has 388 valence electrons. The number of carbonyl (C=O) groups excluding carboxylic acids is 1. The summed E-state index contributed by atoms with van der Waals surface area (Å²) in [6.07, 6.45) is 51.7. The highest BCUT2D eigenvalue weighted by Crippen LogP contribution is 2.24. The van der Waals surface area contributed by atoms with Gasteiger partial charge in [-0.1, -0.05) is 214 Å². The Morgan fingerprint density at radius 2 is 0.954 bits per heavy atom. The highest BCUT2D eigenvalue weighted by Gasteiger charge is 2.22. The molecule has 0 heterocycles. The molecule has 0 aliphatic heterocycles. The summed E-state index contributed by atoms with van der Waals surface area (Å²) >= 11 is 0. The summed E-state index contributed by atoms with van der Waals surface area (Å²) in [5.41, 5.74) is 0. The zero-order valence-electron chi connectivity index (χ0n) is 44.7. The van der Waals surface area contributed by atoms with Crippen molar-refractivity contribution >= 4 is 5.91 Å². The summed E-state index contributed by atoms with van der Waals surface area (Å²) in [6.45, 7) is 17.6. The van der Waals surface area contributed by atoms with Crippen LogP contribution in [0, 0.1) is 11.8 Å². The van der Waals surface area contributed by atoms with Crippen LogP contribution in [0.1, 0.15) is 285 Å². The van der Waals surface area contributed by atoms with Gasteiger partial charge in [-0.3, -0.25) is 9.69 Å². The fraction of sp³-hybridized carbons (Fsp3) is 0.983. The van der Waals surface area contributed by atoms with Crippen LogP contribution in [0.25, 0.3) is 0 Å². The quantitative estimate of drug-likeness (QED) is 0.0468. The van der Waals surface area contributed by atoms with E-state index in [1.807, 2.05) is 0 Å². The summed E-state index contributed by atoms with van der Waals surface area (Å²) in [5, 5.41) is 13.2. The highest BCUT2D eigenvalue weighted by atomic mass is 16.7. The molecule has 0 saturated heterocycles. The predicted octanol–water partition coefficient (Wildman–Crippen LogP) is 16.0. The van der Waals surface area contributed by atoms with Gasteiger partial charge in [0.1, 0.15) is 6.79 Å². The van der Waals surface area contributed by atoms with E-state index in [1.165, 1.54) is 225 Å². The Morgan fingerprint density at radius 1 is 0.508 bits per heavy atom. The first-order chi connectivity index (χ1) is 32.1. The first kappa shape index (κ1) is 62.3. The van der Waals surface area contributed by atoms with Crippen LogP contribution in [-0.4, -0.2) is 92.7 Å². The zero-order valence-corrected chi connectivity index (χ0v) is 44.7. The lowest BCUT2D eigenvalue weighted by Crippen LogP contribution is -2.42. The monoisotopic (exact) mass is 920 g/mol. The second-order valence-corrected chi connectivity index (χ2v) is 20.9. The number of carbonyl (C=O) groups is 1. The molecule has 1 rings (SSSR count). The van der Waals surface area contributed by atoms with Crippen LogP contribution in [-0.2, 0) is 14.3 Å². The minimum Gasteiger partial charge on any atom is -0.395 e. The van der Waals surface area contributed by atoms with Crippen LogP contribution in [0.15, 0.2) is 0 Å². The van der Waals surface area contributed by atoms with E-state index in [9.17, 15) is 9.90 Å². The molecule has 1 amide bonds. The molecule has 0 aromatic heterocycles. The topological polar surface area (TPSA) is 74.3 Å².